The Labute approximate surface area is 174 Å². The number of carbonyl (C=O) groups excluding carboxylic acids is 1. The molecule has 1 amide bonds. The number of imidazole rings is 1. The number of aromatic nitrogens is 2. The van der Waals surface area contributed by atoms with E-state index >= 15 is 0 Å². The van der Waals surface area contributed by atoms with Crippen LogP contribution in [0, 0.1) is 10.1 Å². The molecule has 0 N–H and O–H groups in total. The van der Waals surface area contributed by atoms with Crippen LogP contribution in [0.4, 0.5) is 5.82 Å². The van der Waals surface area contributed by atoms with Gasteiger partial charge in [-0.3, -0.25) is 4.79 Å². The number of aryl methyl sites for hydroxylation is 2. The highest BCUT2D eigenvalue weighted by Crippen LogP contribution is 2.26. The number of fused-ring (bicyclic) bond motifs is 1. The van der Waals surface area contributed by atoms with Crippen LogP contribution in [0.15, 0.2) is 35.6 Å². The van der Waals surface area contributed by atoms with E-state index in [1.54, 1.807) is 17.0 Å². The second kappa shape index (κ2) is 8.15. The van der Waals surface area contributed by atoms with Crippen molar-refractivity contribution in [2.75, 3.05) is 26.2 Å². The molecule has 2 aromatic rings. The molecule has 0 unspecified atom stereocenters. The average molecular weight is 433 g/mol. The molecule has 0 atom stereocenters. The molecule has 11 heteroatoms. The van der Waals surface area contributed by atoms with Crippen molar-refractivity contribution in [1.29, 1.82) is 0 Å². The lowest BCUT2D eigenvalue weighted by atomic mass is 9.92. The normalized spacial score (nSPS) is 17.5. The first-order valence-electron chi connectivity index (χ1n) is 9.90. The second-order valence-electron chi connectivity index (χ2n) is 7.58. The van der Waals surface area contributed by atoms with Crippen molar-refractivity contribution >= 4 is 21.7 Å². The maximum Gasteiger partial charge on any atom is 0.381 e. The lowest BCUT2D eigenvalue weighted by molar-refractivity contribution is -0.389. The maximum absolute atomic E-state index is 13.1. The lowest BCUT2D eigenvalue weighted by Gasteiger charge is -2.34. The van der Waals surface area contributed by atoms with Gasteiger partial charge in [0, 0.05) is 26.2 Å². The Kier molecular flexibility index (Phi) is 5.56. The van der Waals surface area contributed by atoms with Crippen molar-refractivity contribution < 1.29 is 18.1 Å². The van der Waals surface area contributed by atoms with Gasteiger partial charge in [-0.1, -0.05) is 6.07 Å². The molecule has 0 saturated carbocycles. The monoisotopic (exact) mass is 433 g/mol. The molecule has 1 fully saturated rings. The van der Waals surface area contributed by atoms with Crippen LogP contribution >= 0.6 is 0 Å². The van der Waals surface area contributed by atoms with Crippen LogP contribution in [0.1, 0.15) is 24.0 Å². The first-order chi connectivity index (χ1) is 14.3. The fourth-order valence-corrected chi connectivity index (χ4v) is 5.46. The van der Waals surface area contributed by atoms with Gasteiger partial charge >= 0.3 is 5.82 Å². The van der Waals surface area contributed by atoms with E-state index in [0.29, 0.717) is 4.90 Å². The molecule has 1 aromatic carbocycles. The van der Waals surface area contributed by atoms with E-state index in [0.717, 1.165) is 31.2 Å². The smallest absolute Gasteiger partial charge is 0.358 e. The molecule has 2 heterocycles. The number of sulfonamides is 1. The van der Waals surface area contributed by atoms with Crippen molar-refractivity contribution in [2.24, 2.45) is 0 Å². The minimum Gasteiger partial charge on any atom is -0.358 e. The lowest BCUT2D eigenvalue weighted by Crippen LogP contribution is -2.51. The molecule has 1 aromatic heterocycles. The highest BCUT2D eigenvalue weighted by atomic mass is 32.2. The third-order valence-corrected chi connectivity index (χ3v) is 7.57. The summed E-state index contributed by atoms with van der Waals surface area (Å²) in [6, 6.07) is 5.40. The molecule has 1 saturated heterocycles. The molecule has 4 rings (SSSR count). The summed E-state index contributed by atoms with van der Waals surface area (Å²) in [5, 5.41) is 10.7. The Morgan fingerprint density at radius 1 is 1.10 bits per heavy atom. The van der Waals surface area contributed by atoms with Crippen LogP contribution in [0.25, 0.3) is 0 Å². The van der Waals surface area contributed by atoms with Gasteiger partial charge in [0.1, 0.15) is 12.7 Å². The van der Waals surface area contributed by atoms with E-state index in [9.17, 15) is 23.3 Å². The summed E-state index contributed by atoms with van der Waals surface area (Å²) < 4.78 is 28.9. The van der Waals surface area contributed by atoms with Crippen molar-refractivity contribution in [1.82, 2.24) is 18.8 Å². The van der Waals surface area contributed by atoms with Gasteiger partial charge in [0.2, 0.25) is 22.3 Å². The van der Waals surface area contributed by atoms with E-state index in [2.05, 4.69) is 4.98 Å². The van der Waals surface area contributed by atoms with Gasteiger partial charge in [-0.15, -0.1) is 0 Å². The fourth-order valence-electron chi connectivity index (χ4n) is 3.98. The molecule has 1 aliphatic carbocycles. The minimum atomic E-state index is -3.60. The number of rotatable bonds is 5. The highest BCUT2D eigenvalue weighted by Gasteiger charge is 2.31. The molecule has 0 radical (unpaired) electrons. The van der Waals surface area contributed by atoms with E-state index in [1.165, 1.54) is 27.0 Å². The third-order valence-electron chi connectivity index (χ3n) is 5.67. The summed E-state index contributed by atoms with van der Waals surface area (Å²) in [7, 11) is -3.60. The average Bonchev–Trinajstić information content (AvgIpc) is 3.22. The molecule has 0 spiro atoms. The van der Waals surface area contributed by atoms with Crippen LogP contribution in [0.5, 0.6) is 0 Å². The second-order valence-corrected chi connectivity index (χ2v) is 9.52. The molecule has 0 bridgehead atoms. The summed E-state index contributed by atoms with van der Waals surface area (Å²) in [5.41, 5.74) is 2.35. The van der Waals surface area contributed by atoms with Gasteiger partial charge in [0.15, 0.2) is 0 Å². The number of nitro groups is 1. The molecular weight excluding hydrogens is 410 g/mol. The van der Waals surface area contributed by atoms with E-state index in [1.807, 2.05) is 6.07 Å². The largest absolute Gasteiger partial charge is 0.381 e. The van der Waals surface area contributed by atoms with Gasteiger partial charge in [0.25, 0.3) is 0 Å². The zero-order valence-corrected chi connectivity index (χ0v) is 17.3. The number of carbonyl (C=O) groups is 1. The molecule has 1 aliphatic heterocycles. The number of benzene rings is 1. The predicted molar refractivity (Wildman–Crippen MR) is 107 cm³/mol. The van der Waals surface area contributed by atoms with Crippen LogP contribution in [0.3, 0.4) is 0 Å². The Morgan fingerprint density at radius 2 is 1.80 bits per heavy atom. The van der Waals surface area contributed by atoms with E-state index in [-0.39, 0.29) is 44.4 Å². The number of hydrogen-bond donors (Lipinski definition) is 0. The van der Waals surface area contributed by atoms with E-state index < -0.39 is 14.9 Å². The first-order valence-corrected chi connectivity index (χ1v) is 11.3. The molecule has 10 nitrogen and oxygen atoms in total. The summed E-state index contributed by atoms with van der Waals surface area (Å²) >= 11 is 0. The van der Waals surface area contributed by atoms with Crippen LogP contribution < -0.4 is 0 Å². The van der Waals surface area contributed by atoms with Gasteiger partial charge in [-0.25, -0.2) is 8.42 Å². The summed E-state index contributed by atoms with van der Waals surface area (Å²) in [6.45, 7) is 0.919. The van der Waals surface area contributed by atoms with Crippen molar-refractivity contribution in [3.05, 3.63) is 52.0 Å². The maximum atomic E-state index is 13.1. The summed E-state index contributed by atoms with van der Waals surface area (Å²) in [5.74, 6) is -0.545. The van der Waals surface area contributed by atoms with Crippen LogP contribution in [-0.4, -0.2) is 64.2 Å². The Hall–Kier alpha value is -2.79. The zero-order chi connectivity index (χ0) is 21.3. The van der Waals surface area contributed by atoms with Crippen LogP contribution in [0.2, 0.25) is 0 Å². The van der Waals surface area contributed by atoms with Gasteiger partial charge in [-0.2, -0.15) is 4.31 Å². The SMILES string of the molecule is O=C(Cn1cnc([N+](=O)[O-])c1)N1CCN(S(=O)(=O)c2ccc3c(c2)CCCC3)CC1. The molecule has 30 heavy (non-hydrogen) atoms. The van der Waals surface area contributed by atoms with Gasteiger partial charge in [0.05, 0.1) is 4.90 Å². The quantitative estimate of drug-likeness (QED) is 0.516. The highest BCUT2D eigenvalue weighted by molar-refractivity contribution is 7.89. The Morgan fingerprint density at radius 3 is 2.47 bits per heavy atom. The third kappa shape index (κ3) is 4.08. The Bertz CT molecular complexity index is 1070. The van der Waals surface area contributed by atoms with Crippen molar-refractivity contribution in [2.45, 2.75) is 37.1 Å². The van der Waals surface area contributed by atoms with Crippen molar-refractivity contribution in [3.63, 3.8) is 0 Å². The molecule has 2 aliphatic rings. The fraction of sp³-hybridized carbons (Fsp3) is 0.474. The first kappa shape index (κ1) is 20.5. The summed E-state index contributed by atoms with van der Waals surface area (Å²) in [4.78, 5) is 28.1. The Balaban J connectivity index is 1.38. The predicted octanol–water partition coefficient (Wildman–Crippen LogP) is 1.20. The number of nitrogens with zero attached hydrogens (tertiary/aromatic N) is 5. The molecule has 160 valence electrons. The minimum absolute atomic E-state index is 0.0710. The zero-order valence-electron chi connectivity index (χ0n) is 16.4. The standard InChI is InChI=1S/C19H23N5O5S/c25-19(13-21-12-18(20-14-21)24(26)27)22-7-9-23(10-8-22)30(28,29)17-6-5-15-3-1-2-4-16(15)11-17/h5-6,11-12,14H,1-4,7-10,13H2. The van der Waals surface area contributed by atoms with Crippen molar-refractivity contribution in [3.8, 4) is 0 Å². The number of piperazine rings is 1. The number of hydrogen-bond acceptors (Lipinski definition) is 6. The summed E-state index contributed by atoms with van der Waals surface area (Å²) in [6.07, 6.45) is 6.57. The topological polar surface area (TPSA) is 119 Å². The van der Waals surface area contributed by atoms with Crippen LogP contribution in [-0.2, 0) is 34.2 Å². The van der Waals surface area contributed by atoms with Gasteiger partial charge in [-0.05, 0) is 58.9 Å². The molecular formula is C19H23N5O5S. The van der Waals surface area contributed by atoms with E-state index in [4.69, 9.17) is 0 Å². The van der Waals surface area contributed by atoms with Gasteiger partial charge < -0.3 is 19.6 Å². The number of amides is 1.